The summed E-state index contributed by atoms with van der Waals surface area (Å²) >= 11 is 1.75. The Morgan fingerprint density at radius 2 is 2.14 bits per heavy atom. The van der Waals surface area contributed by atoms with Gasteiger partial charge in [0.25, 0.3) is 5.91 Å². The molecule has 0 bridgehead atoms. The molecule has 3 heteroatoms. The van der Waals surface area contributed by atoms with Crippen LogP contribution in [0, 0.1) is 5.92 Å². The number of thiophene rings is 1. The molecule has 2 nitrogen and oxygen atoms in total. The van der Waals surface area contributed by atoms with E-state index in [1.807, 2.05) is 23.6 Å². The first-order chi connectivity index (χ1) is 10.6. The highest BCUT2D eigenvalue weighted by Gasteiger charge is 2.23. The van der Waals surface area contributed by atoms with Crippen molar-refractivity contribution in [2.24, 2.45) is 5.92 Å². The van der Waals surface area contributed by atoms with E-state index in [1.54, 1.807) is 11.3 Å². The second-order valence-corrected chi connectivity index (χ2v) is 7.39. The second kappa shape index (κ2) is 6.66. The van der Waals surface area contributed by atoms with Gasteiger partial charge in [0, 0.05) is 16.8 Å². The Labute approximate surface area is 136 Å². The zero-order chi connectivity index (χ0) is 15.5. The Balaban J connectivity index is 1.63. The summed E-state index contributed by atoms with van der Waals surface area (Å²) in [7, 11) is 0. The first-order valence-corrected chi connectivity index (χ1v) is 8.95. The van der Waals surface area contributed by atoms with E-state index in [9.17, 15) is 4.79 Å². The zero-order valence-corrected chi connectivity index (χ0v) is 14.1. The smallest absolute Gasteiger partial charge is 0.252 e. The molecule has 0 saturated heterocycles. The minimum Gasteiger partial charge on any atom is -0.351 e. The summed E-state index contributed by atoms with van der Waals surface area (Å²) in [5, 5.41) is 5.16. The van der Waals surface area contributed by atoms with Gasteiger partial charge in [-0.25, -0.2) is 0 Å². The van der Waals surface area contributed by atoms with Crippen molar-refractivity contribution in [1.82, 2.24) is 5.32 Å². The largest absolute Gasteiger partial charge is 0.351 e. The van der Waals surface area contributed by atoms with E-state index in [-0.39, 0.29) is 5.91 Å². The summed E-state index contributed by atoms with van der Waals surface area (Å²) in [6.45, 7) is 5.13. The maximum Gasteiger partial charge on any atom is 0.252 e. The highest BCUT2D eigenvalue weighted by molar-refractivity contribution is 7.10. The molecule has 0 spiro atoms. The average molecular weight is 313 g/mol. The van der Waals surface area contributed by atoms with Crippen LogP contribution in [-0.4, -0.2) is 12.5 Å². The van der Waals surface area contributed by atoms with E-state index in [1.165, 1.54) is 22.4 Å². The highest BCUT2D eigenvalue weighted by Crippen LogP contribution is 2.32. The van der Waals surface area contributed by atoms with Gasteiger partial charge in [-0.05, 0) is 42.2 Å². The first kappa shape index (κ1) is 15.3. The monoisotopic (exact) mass is 313 g/mol. The van der Waals surface area contributed by atoms with Gasteiger partial charge < -0.3 is 5.32 Å². The number of amides is 1. The highest BCUT2D eigenvalue weighted by atomic mass is 32.1. The van der Waals surface area contributed by atoms with Gasteiger partial charge in [0.15, 0.2) is 0 Å². The van der Waals surface area contributed by atoms with Crippen LogP contribution >= 0.6 is 11.3 Å². The van der Waals surface area contributed by atoms with Crippen LogP contribution in [0.3, 0.4) is 0 Å². The molecule has 1 aliphatic rings. The third-order valence-electron chi connectivity index (χ3n) is 4.58. The van der Waals surface area contributed by atoms with Gasteiger partial charge >= 0.3 is 0 Å². The fourth-order valence-electron chi connectivity index (χ4n) is 3.11. The van der Waals surface area contributed by atoms with Crippen LogP contribution in [0.15, 0.2) is 35.7 Å². The predicted molar refractivity (Wildman–Crippen MR) is 92.7 cm³/mol. The maximum absolute atomic E-state index is 12.5. The van der Waals surface area contributed by atoms with Crippen molar-refractivity contribution in [2.45, 2.75) is 39.0 Å². The van der Waals surface area contributed by atoms with Crippen LogP contribution < -0.4 is 5.32 Å². The Morgan fingerprint density at radius 1 is 1.36 bits per heavy atom. The van der Waals surface area contributed by atoms with Gasteiger partial charge in [-0.15, -0.1) is 11.3 Å². The molecule has 2 atom stereocenters. The van der Waals surface area contributed by atoms with Crippen molar-refractivity contribution < 1.29 is 4.79 Å². The number of benzene rings is 1. The van der Waals surface area contributed by atoms with Crippen molar-refractivity contribution in [3.8, 4) is 0 Å². The molecule has 22 heavy (non-hydrogen) atoms. The van der Waals surface area contributed by atoms with Gasteiger partial charge in [-0.2, -0.15) is 0 Å². The van der Waals surface area contributed by atoms with Crippen molar-refractivity contribution in [3.05, 3.63) is 57.3 Å². The van der Waals surface area contributed by atoms with Crippen molar-refractivity contribution >= 4 is 17.2 Å². The summed E-state index contributed by atoms with van der Waals surface area (Å²) in [6, 6.07) is 10.3. The van der Waals surface area contributed by atoms with Crippen LogP contribution in [0.25, 0.3) is 0 Å². The Kier molecular flexibility index (Phi) is 4.63. The van der Waals surface area contributed by atoms with E-state index in [4.69, 9.17) is 0 Å². The summed E-state index contributed by atoms with van der Waals surface area (Å²) in [6.07, 6.45) is 3.38. The molecule has 3 rings (SSSR count). The van der Waals surface area contributed by atoms with E-state index >= 15 is 0 Å². The normalized spacial score (nSPS) is 18.5. The number of carbonyl (C=O) groups excluding carboxylic acids is 1. The number of hydrogen-bond acceptors (Lipinski definition) is 2. The SMILES string of the molecule is C[C@H]1CCc2c(C(=O)NC[C@@H](C)c3ccccc3)csc2C1. The van der Waals surface area contributed by atoms with Crippen LogP contribution in [0.2, 0.25) is 0 Å². The third kappa shape index (κ3) is 3.25. The summed E-state index contributed by atoms with van der Waals surface area (Å²) in [4.78, 5) is 13.9. The molecule has 0 radical (unpaired) electrons. The Bertz CT molecular complexity index is 647. The molecule has 0 unspecified atom stereocenters. The maximum atomic E-state index is 12.5. The van der Waals surface area contributed by atoms with Gasteiger partial charge in [-0.1, -0.05) is 44.2 Å². The van der Waals surface area contributed by atoms with Crippen molar-refractivity contribution in [3.63, 3.8) is 0 Å². The summed E-state index contributed by atoms with van der Waals surface area (Å²) in [5.41, 5.74) is 3.48. The van der Waals surface area contributed by atoms with Crippen molar-refractivity contribution in [2.75, 3.05) is 6.54 Å². The Hall–Kier alpha value is -1.61. The lowest BCUT2D eigenvalue weighted by Crippen LogP contribution is -2.28. The minimum atomic E-state index is 0.0924. The quantitative estimate of drug-likeness (QED) is 0.890. The minimum absolute atomic E-state index is 0.0924. The van der Waals surface area contributed by atoms with E-state index in [0.717, 1.165) is 24.3 Å². The first-order valence-electron chi connectivity index (χ1n) is 8.07. The Morgan fingerprint density at radius 3 is 2.91 bits per heavy atom. The summed E-state index contributed by atoms with van der Waals surface area (Å²) in [5.74, 6) is 1.18. The molecular formula is C19H23NOS. The van der Waals surface area contributed by atoms with E-state index in [0.29, 0.717) is 12.5 Å². The van der Waals surface area contributed by atoms with E-state index in [2.05, 4.69) is 31.3 Å². The van der Waals surface area contributed by atoms with Gasteiger partial charge in [-0.3, -0.25) is 4.79 Å². The lowest BCUT2D eigenvalue weighted by molar-refractivity contribution is 0.0951. The van der Waals surface area contributed by atoms with Crippen LogP contribution in [0.5, 0.6) is 0 Å². The van der Waals surface area contributed by atoms with E-state index < -0.39 is 0 Å². The number of nitrogens with one attached hydrogen (secondary N) is 1. The van der Waals surface area contributed by atoms with Gasteiger partial charge in [0.1, 0.15) is 0 Å². The van der Waals surface area contributed by atoms with Crippen LogP contribution in [0.4, 0.5) is 0 Å². The molecule has 116 valence electrons. The molecule has 1 aliphatic carbocycles. The molecular weight excluding hydrogens is 290 g/mol. The van der Waals surface area contributed by atoms with Gasteiger partial charge in [0.2, 0.25) is 0 Å². The molecule has 1 aromatic heterocycles. The fourth-order valence-corrected chi connectivity index (χ4v) is 4.35. The predicted octanol–water partition coefficient (Wildman–Crippen LogP) is 4.41. The third-order valence-corrected chi connectivity index (χ3v) is 5.63. The molecule has 0 aliphatic heterocycles. The van der Waals surface area contributed by atoms with Crippen molar-refractivity contribution in [1.29, 1.82) is 0 Å². The number of hydrogen-bond donors (Lipinski definition) is 1. The molecule has 1 N–H and O–H groups in total. The average Bonchev–Trinajstić information content (AvgIpc) is 2.96. The van der Waals surface area contributed by atoms with Crippen LogP contribution in [-0.2, 0) is 12.8 Å². The number of rotatable bonds is 4. The molecule has 1 amide bonds. The molecule has 2 aromatic rings. The number of carbonyl (C=O) groups is 1. The molecule has 0 fully saturated rings. The topological polar surface area (TPSA) is 29.1 Å². The molecule has 1 heterocycles. The second-order valence-electron chi connectivity index (χ2n) is 6.42. The van der Waals surface area contributed by atoms with Gasteiger partial charge in [0.05, 0.1) is 5.56 Å². The lowest BCUT2D eigenvalue weighted by Gasteiger charge is -2.19. The molecule has 1 aromatic carbocycles. The fraction of sp³-hybridized carbons (Fsp3) is 0.421. The standard InChI is InChI=1S/C19H23NOS/c1-13-8-9-16-17(12-22-18(16)10-13)19(21)20-11-14(2)15-6-4-3-5-7-15/h3-7,12-14H,8-11H2,1-2H3,(H,20,21)/t13-,14+/m0/s1. The number of fused-ring (bicyclic) bond motifs is 1. The van der Waals surface area contributed by atoms with Crippen LogP contribution in [0.1, 0.15) is 52.5 Å². The summed E-state index contributed by atoms with van der Waals surface area (Å²) < 4.78 is 0. The lowest BCUT2D eigenvalue weighted by atomic mass is 9.88. The zero-order valence-electron chi connectivity index (χ0n) is 13.3. The molecule has 0 saturated carbocycles.